The molecule has 0 fully saturated rings. The van der Waals surface area contributed by atoms with Crippen LogP contribution in [0.2, 0.25) is 0 Å². The summed E-state index contributed by atoms with van der Waals surface area (Å²) in [4.78, 5) is 2.73. The summed E-state index contributed by atoms with van der Waals surface area (Å²) in [7, 11) is 1.61. The molecule has 0 saturated carbocycles. The molecule has 0 N–H and O–H groups in total. The summed E-state index contributed by atoms with van der Waals surface area (Å²) in [5.41, 5.74) is 8.85. The summed E-state index contributed by atoms with van der Waals surface area (Å²) in [5.74, 6) is 0.569. The van der Waals surface area contributed by atoms with Crippen LogP contribution in [0.1, 0.15) is 6.92 Å². The van der Waals surface area contributed by atoms with E-state index >= 15 is 0 Å². The van der Waals surface area contributed by atoms with E-state index in [2.05, 4.69) is 10.0 Å². The lowest BCUT2D eigenvalue weighted by atomic mass is 10.3. The molecule has 1 aromatic rings. The van der Waals surface area contributed by atoms with E-state index in [-0.39, 0.29) is 6.10 Å². The Morgan fingerprint density at radius 3 is 2.87 bits per heavy atom. The van der Waals surface area contributed by atoms with E-state index in [1.54, 1.807) is 25.3 Å². The van der Waals surface area contributed by atoms with Gasteiger partial charge in [0.15, 0.2) is 0 Å². The van der Waals surface area contributed by atoms with Crippen LogP contribution in [0, 0.1) is 0 Å². The van der Waals surface area contributed by atoms with E-state index in [1.165, 1.54) is 0 Å². The maximum Gasteiger partial charge on any atom is 0.129 e. The zero-order valence-electron chi connectivity index (χ0n) is 8.75. The first-order chi connectivity index (χ1) is 7.27. The van der Waals surface area contributed by atoms with Crippen molar-refractivity contribution in [2.24, 2.45) is 5.11 Å². The van der Waals surface area contributed by atoms with Crippen molar-refractivity contribution in [2.45, 2.75) is 13.0 Å². The predicted molar refractivity (Wildman–Crippen MR) is 57.2 cm³/mol. The number of rotatable bonds is 5. The van der Waals surface area contributed by atoms with Crippen molar-refractivity contribution >= 4 is 5.69 Å². The summed E-state index contributed by atoms with van der Waals surface area (Å²) in [5, 5.41) is 3.53. The van der Waals surface area contributed by atoms with Gasteiger partial charge in [-0.25, -0.2) is 0 Å². The van der Waals surface area contributed by atoms with Crippen molar-refractivity contribution in [3.8, 4) is 5.75 Å². The SMILES string of the molecule is COCC(C)Oc1ccccc1N=[N+]=[N-]. The lowest BCUT2D eigenvalue weighted by molar-refractivity contribution is 0.0924. The molecule has 1 aromatic carbocycles. The van der Waals surface area contributed by atoms with Crippen molar-refractivity contribution < 1.29 is 9.47 Å². The molecule has 5 nitrogen and oxygen atoms in total. The minimum atomic E-state index is -0.0787. The number of para-hydroxylation sites is 1. The van der Waals surface area contributed by atoms with Gasteiger partial charge in [-0.05, 0) is 24.6 Å². The Kier molecular flexibility index (Phi) is 4.47. The van der Waals surface area contributed by atoms with Gasteiger partial charge in [0.25, 0.3) is 0 Å². The predicted octanol–water partition coefficient (Wildman–Crippen LogP) is 3.04. The van der Waals surface area contributed by atoms with Crippen LogP contribution in [-0.4, -0.2) is 19.8 Å². The van der Waals surface area contributed by atoms with Crippen LogP contribution in [0.15, 0.2) is 29.4 Å². The number of azide groups is 1. The normalized spacial score (nSPS) is 11.6. The van der Waals surface area contributed by atoms with Crippen molar-refractivity contribution in [3.63, 3.8) is 0 Å². The fourth-order valence-electron chi connectivity index (χ4n) is 1.17. The molecule has 0 aliphatic heterocycles. The lowest BCUT2D eigenvalue weighted by Gasteiger charge is -2.14. The molecule has 0 aliphatic carbocycles. The Morgan fingerprint density at radius 2 is 2.20 bits per heavy atom. The first-order valence-corrected chi connectivity index (χ1v) is 4.57. The molecular formula is C10H13N3O2. The summed E-state index contributed by atoms with van der Waals surface area (Å²) >= 11 is 0. The van der Waals surface area contributed by atoms with Crippen LogP contribution in [0.25, 0.3) is 10.4 Å². The number of hydrogen-bond donors (Lipinski definition) is 0. The second-order valence-corrected chi connectivity index (χ2v) is 3.04. The summed E-state index contributed by atoms with van der Waals surface area (Å²) < 4.78 is 10.5. The molecule has 1 atom stereocenters. The fraction of sp³-hybridized carbons (Fsp3) is 0.400. The highest BCUT2D eigenvalue weighted by Gasteiger charge is 2.06. The van der Waals surface area contributed by atoms with Crippen LogP contribution >= 0.6 is 0 Å². The summed E-state index contributed by atoms with van der Waals surface area (Å²) in [6.07, 6.45) is -0.0787. The van der Waals surface area contributed by atoms with Crippen LogP contribution in [0.3, 0.4) is 0 Å². The molecule has 80 valence electrons. The molecule has 0 spiro atoms. The maximum absolute atomic E-state index is 8.36. The molecule has 1 rings (SSSR count). The van der Waals surface area contributed by atoms with Gasteiger partial charge < -0.3 is 9.47 Å². The molecule has 0 bridgehead atoms. The number of benzene rings is 1. The largest absolute Gasteiger partial charge is 0.488 e. The van der Waals surface area contributed by atoms with Gasteiger partial charge in [0, 0.05) is 12.0 Å². The Balaban J connectivity index is 2.79. The van der Waals surface area contributed by atoms with Gasteiger partial charge in [0.05, 0.1) is 12.3 Å². The van der Waals surface area contributed by atoms with Crippen LogP contribution in [-0.2, 0) is 4.74 Å². The Bertz CT molecular complexity index is 361. The molecule has 0 saturated heterocycles. The smallest absolute Gasteiger partial charge is 0.129 e. The first-order valence-electron chi connectivity index (χ1n) is 4.57. The number of nitrogens with zero attached hydrogens (tertiary/aromatic N) is 3. The van der Waals surface area contributed by atoms with Gasteiger partial charge in [-0.3, -0.25) is 0 Å². The van der Waals surface area contributed by atoms with E-state index < -0.39 is 0 Å². The van der Waals surface area contributed by atoms with Crippen LogP contribution in [0.4, 0.5) is 5.69 Å². The zero-order chi connectivity index (χ0) is 11.1. The minimum Gasteiger partial charge on any atom is -0.488 e. The second kappa shape index (κ2) is 5.90. The third kappa shape index (κ3) is 3.50. The van der Waals surface area contributed by atoms with E-state index in [1.807, 2.05) is 13.0 Å². The van der Waals surface area contributed by atoms with Crippen LogP contribution in [0.5, 0.6) is 5.75 Å². The van der Waals surface area contributed by atoms with Gasteiger partial charge in [0.1, 0.15) is 11.9 Å². The van der Waals surface area contributed by atoms with Crippen LogP contribution < -0.4 is 4.74 Å². The van der Waals surface area contributed by atoms with Gasteiger partial charge in [-0.15, -0.1) is 0 Å². The highest BCUT2D eigenvalue weighted by molar-refractivity contribution is 5.51. The van der Waals surface area contributed by atoms with Crippen molar-refractivity contribution in [3.05, 3.63) is 34.7 Å². The molecule has 15 heavy (non-hydrogen) atoms. The molecule has 0 aromatic heterocycles. The Morgan fingerprint density at radius 1 is 1.47 bits per heavy atom. The highest BCUT2D eigenvalue weighted by atomic mass is 16.5. The van der Waals surface area contributed by atoms with E-state index in [4.69, 9.17) is 15.0 Å². The standard InChI is InChI=1S/C10H13N3O2/c1-8(7-14-2)15-10-6-4-3-5-9(10)12-13-11/h3-6,8H,7H2,1-2H3. The monoisotopic (exact) mass is 207 g/mol. The quantitative estimate of drug-likeness (QED) is 0.423. The Labute approximate surface area is 88.3 Å². The summed E-state index contributed by atoms with van der Waals surface area (Å²) in [6, 6.07) is 7.08. The molecule has 5 heteroatoms. The highest BCUT2D eigenvalue weighted by Crippen LogP contribution is 2.27. The van der Waals surface area contributed by atoms with E-state index in [0.29, 0.717) is 18.0 Å². The lowest BCUT2D eigenvalue weighted by Crippen LogP contribution is -2.17. The van der Waals surface area contributed by atoms with E-state index in [0.717, 1.165) is 0 Å². The maximum atomic E-state index is 8.36. The molecule has 1 unspecified atom stereocenters. The third-order valence-corrected chi connectivity index (χ3v) is 1.75. The van der Waals surface area contributed by atoms with E-state index in [9.17, 15) is 0 Å². The van der Waals surface area contributed by atoms with Crippen molar-refractivity contribution in [1.29, 1.82) is 0 Å². The van der Waals surface area contributed by atoms with Crippen molar-refractivity contribution in [1.82, 2.24) is 0 Å². The van der Waals surface area contributed by atoms with Gasteiger partial charge in [0.2, 0.25) is 0 Å². The average Bonchev–Trinajstić information content (AvgIpc) is 2.21. The zero-order valence-corrected chi connectivity index (χ0v) is 8.75. The fourth-order valence-corrected chi connectivity index (χ4v) is 1.17. The average molecular weight is 207 g/mol. The first kappa shape index (κ1) is 11.4. The topological polar surface area (TPSA) is 67.2 Å². The number of methoxy groups -OCH3 is 1. The molecule has 0 amide bonds. The third-order valence-electron chi connectivity index (χ3n) is 1.75. The Hall–Kier alpha value is -1.71. The van der Waals surface area contributed by atoms with Gasteiger partial charge >= 0.3 is 0 Å². The molecule has 0 aliphatic rings. The molecule has 0 radical (unpaired) electrons. The molecule has 0 heterocycles. The molecular weight excluding hydrogens is 194 g/mol. The second-order valence-electron chi connectivity index (χ2n) is 3.04. The van der Waals surface area contributed by atoms with Crippen molar-refractivity contribution in [2.75, 3.05) is 13.7 Å². The summed E-state index contributed by atoms with van der Waals surface area (Å²) in [6.45, 7) is 2.38. The van der Waals surface area contributed by atoms with Gasteiger partial charge in [-0.1, -0.05) is 17.2 Å². The number of hydrogen-bond acceptors (Lipinski definition) is 3. The number of ether oxygens (including phenoxy) is 2. The minimum absolute atomic E-state index is 0.0787. The van der Waals surface area contributed by atoms with Gasteiger partial charge in [-0.2, -0.15) is 0 Å².